The molecular weight excluding hydrogens is 960 g/mol. The summed E-state index contributed by atoms with van der Waals surface area (Å²) in [5.74, 6) is -53.0. The van der Waals surface area contributed by atoms with E-state index in [0.717, 1.165) is 12.1 Å². The third kappa shape index (κ3) is 6.36. The summed E-state index contributed by atoms with van der Waals surface area (Å²) in [5, 5.41) is 0. The van der Waals surface area contributed by atoms with Gasteiger partial charge in [-0.2, -0.15) is 0 Å². The van der Waals surface area contributed by atoms with Gasteiger partial charge in [0.2, 0.25) is 0 Å². The van der Waals surface area contributed by atoms with Crippen LogP contribution in [0.4, 0.5) is 87.8 Å². The number of benzene rings is 2. The predicted molar refractivity (Wildman–Crippen MR) is 161 cm³/mol. The Kier molecular flexibility index (Phi) is 11.1. The van der Waals surface area contributed by atoms with Crippen molar-refractivity contribution in [3.05, 3.63) is 46.5 Å². The number of hydrogen-bond acceptors (Lipinski definition) is 3. The molecule has 1 aliphatic rings. The van der Waals surface area contributed by atoms with Crippen molar-refractivity contribution in [1.82, 2.24) is 0 Å². The maximum absolute atomic E-state index is 17.0. The Morgan fingerprint density at radius 3 is 1.02 bits per heavy atom. The van der Waals surface area contributed by atoms with Crippen LogP contribution >= 0.6 is 0 Å². The van der Waals surface area contributed by atoms with E-state index in [1.54, 1.807) is 0 Å². The first-order valence-corrected chi connectivity index (χ1v) is 20.9. The molecule has 1 aliphatic heterocycles. The second-order valence-corrected chi connectivity index (χ2v) is 24.6. The Morgan fingerprint density at radius 1 is 0.464 bits per heavy atom. The molecular formula is C31H28F20O3STe. The van der Waals surface area contributed by atoms with Crippen molar-refractivity contribution >= 4 is 35.9 Å². The number of fused-ring (bicyclic) bond motifs is 3. The molecule has 0 bridgehead atoms. The Balaban J connectivity index is 2.71. The molecule has 0 N–H and O–H groups in total. The van der Waals surface area contributed by atoms with Crippen molar-refractivity contribution < 1.29 is 98.8 Å². The topological polar surface area (TPSA) is 43.4 Å². The van der Waals surface area contributed by atoms with E-state index in [1.807, 2.05) is 0 Å². The monoisotopic (exact) mass is 990 g/mol. The van der Waals surface area contributed by atoms with E-state index in [4.69, 9.17) is 0 Å². The third-order valence-corrected chi connectivity index (χ3v) is 21.2. The molecule has 0 fully saturated rings. The summed E-state index contributed by atoms with van der Waals surface area (Å²) in [6.45, 7) is 9.85. The van der Waals surface area contributed by atoms with Gasteiger partial charge >= 0.3 is 310 Å². The van der Waals surface area contributed by atoms with Crippen LogP contribution in [0, 0.1) is 13.8 Å². The average molecular weight is 988 g/mol. The molecule has 0 unspecified atom stereocenters. The predicted octanol–water partition coefficient (Wildman–Crippen LogP) is 10.4. The first-order valence-electron chi connectivity index (χ1n) is 15.1. The average Bonchev–Trinajstić information content (AvgIpc) is 3.21. The molecule has 0 spiro atoms. The molecule has 0 amide bonds. The Hall–Kier alpha value is -2.26. The molecule has 0 saturated heterocycles. The molecule has 2 aromatic carbocycles. The number of hydrogen-bond donors (Lipinski definition) is 0. The molecule has 0 saturated carbocycles. The normalized spacial score (nSPS) is 17.5. The van der Waals surface area contributed by atoms with Crippen LogP contribution in [-0.4, -0.2) is 78.2 Å². The summed E-state index contributed by atoms with van der Waals surface area (Å²) in [6.07, 6.45) is -8.01. The standard InChI is InChI=1S/C31H28F20O3STe/c1-13-9-15-16-10-14(2)18(22(6,7)8)12-20(16)56(54-55(52,53)31(49,50)51,19(15)11-17(13)21(3,4)5)30(47,48)28(42,43)26(38,39)24(34,35)23(32,33)25(36,37)27(40,41)29(44,45)46/h9-12H,1-8H3. The summed E-state index contributed by atoms with van der Waals surface area (Å²) in [6, 6.07) is 2.13. The molecule has 3 nitrogen and oxygen atoms in total. The van der Waals surface area contributed by atoms with E-state index >= 15 is 26.3 Å². The minimum atomic E-state index is -9.09. The number of rotatable bonds is 9. The van der Waals surface area contributed by atoms with E-state index in [9.17, 15) is 69.9 Å². The molecule has 0 aliphatic carbocycles. The molecule has 3 rings (SSSR count). The van der Waals surface area contributed by atoms with Crippen LogP contribution in [0.2, 0.25) is 0 Å². The maximum atomic E-state index is 17.0. The van der Waals surface area contributed by atoms with Crippen LogP contribution in [0.25, 0.3) is 11.1 Å². The SMILES string of the molecule is Cc1cc2c(cc1C(C)(C)C)[Te](OS(=O)(=O)C(F)(F)F)(C(F)(F)C(F)(F)C(F)(F)C(F)(F)C(F)(F)C(F)(F)C(F)(F)C(F)(F)F)c1cc(C(C)(C)C)c(C)cc1-2. The zero-order chi connectivity index (χ0) is 44.7. The Labute approximate surface area is 309 Å². The molecule has 1 heterocycles. The van der Waals surface area contributed by atoms with Gasteiger partial charge in [0.25, 0.3) is 0 Å². The van der Waals surface area contributed by atoms with Gasteiger partial charge in [-0.25, -0.2) is 0 Å². The number of alkyl halides is 20. The van der Waals surface area contributed by atoms with Crippen LogP contribution in [-0.2, 0) is 23.5 Å². The van der Waals surface area contributed by atoms with Crippen LogP contribution in [0.1, 0.15) is 63.8 Å². The van der Waals surface area contributed by atoms with Gasteiger partial charge in [0.15, 0.2) is 0 Å². The van der Waals surface area contributed by atoms with E-state index in [2.05, 4.69) is 2.55 Å². The molecule has 0 radical (unpaired) electrons. The first kappa shape index (κ1) is 48.1. The Bertz CT molecular complexity index is 1930. The molecule has 0 atom stereocenters. The molecule has 25 heteroatoms. The second kappa shape index (κ2) is 12.9. The molecule has 2 aromatic rings. The van der Waals surface area contributed by atoms with Gasteiger partial charge < -0.3 is 0 Å². The van der Waals surface area contributed by atoms with Crippen molar-refractivity contribution in [3.8, 4) is 11.1 Å². The zero-order valence-corrected chi connectivity index (χ0v) is 32.6. The van der Waals surface area contributed by atoms with Gasteiger partial charge in [-0.05, 0) is 0 Å². The van der Waals surface area contributed by atoms with Crippen LogP contribution < -0.4 is 7.22 Å². The van der Waals surface area contributed by atoms with Gasteiger partial charge in [0, 0.05) is 0 Å². The summed E-state index contributed by atoms with van der Waals surface area (Å²) in [7, 11) is -7.81. The first-order chi connectivity index (χ1) is 24.2. The van der Waals surface area contributed by atoms with Crippen LogP contribution in [0.5, 0.6) is 0 Å². The fourth-order valence-electron chi connectivity index (χ4n) is 5.90. The van der Waals surface area contributed by atoms with Crippen LogP contribution in [0.15, 0.2) is 24.3 Å². The quantitative estimate of drug-likeness (QED) is 0.143. The summed E-state index contributed by atoms with van der Waals surface area (Å²) >= 11 is -9.07. The molecule has 322 valence electrons. The molecule has 56 heavy (non-hydrogen) atoms. The van der Waals surface area contributed by atoms with E-state index in [-0.39, 0.29) is 22.3 Å². The fraction of sp³-hybridized carbons (Fsp3) is 0.613. The molecule has 0 aromatic heterocycles. The number of aryl methyl sites for hydroxylation is 2. The van der Waals surface area contributed by atoms with Gasteiger partial charge in [0.05, 0.1) is 0 Å². The van der Waals surface area contributed by atoms with Crippen molar-refractivity contribution in [2.45, 2.75) is 117 Å². The van der Waals surface area contributed by atoms with Gasteiger partial charge in [0.1, 0.15) is 0 Å². The van der Waals surface area contributed by atoms with Crippen LogP contribution in [0.3, 0.4) is 0 Å². The third-order valence-electron chi connectivity index (χ3n) is 8.71. The van der Waals surface area contributed by atoms with Crippen molar-refractivity contribution in [2.75, 3.05) is 0 Å². The van der Waals surface area contributed by atoms with E-state index in [1.165, 1.54) is 55.4 Å². The summed E-state index contributed by atoms with van der Waals surface area (Å²) in [4.78, 5) is 0. The van der Waals surface area contributed by atoms with Gasteiger partial charge in [-0.15, -0.1) is 0 Å². The van der Waals surface area contributed by atoms with Gasteiger partial charge in [-0.1, -0.05) is 0 Å². The minimum absolute atomic E-state index is 0.0310. The van der Waals surface area contributed by atoms with E-state index in [0.29, 0.717) is 12.1 Å². The van der Waals surface area contributed by atoms with E-state index < -0.39 is 109 Å². The number of halogens is 20. The van der Waals surface area contributed by atoms with Crippen molar-refractivity contribution in [3.63, 3.8) is 0 Å². The summed E-state index contributed by atoms with van der Waals surface area (Å²) < 4.78 is 308. The zero-order valence-electron chi connectivity index (χ0n) is 29.4. The fourth-order valence-corrected chi connectivity index (χ4v) is 19.4. The summed E-state index contributed by atoms with van der Waals surface area (Å²) in [5.41, 5.74) is -12.4. The van der Waals surface area contributed by atoms with Gasteiger partial charge in [-0.3, -0.25) is 0 Å². The van der Waals surface area contributed by atoms with Crippen molar-refractivity contribution in [2.24, 2.45) is 0 Å². The second-order valence-electron chi connectivity index (χ2n) is 14.8. The Morgan fingerprint density at radius 2 is 0.750 bits per heavy atom. The van der Waals surface area contributed by atoms with Crippen molar-refractivity contribution in [1.29, 1.82) is 0 Å².